The molecule has 0 aliphatic heterocycles. The molecule has 1 rings (SSSR count). The molecule has 0 N–H and O–H groups in total. The summed E-state index contributed by atoms with van der Waals surface area (Å²) in [4.78, 5) is 0. The van der Waals surface area contributed by atoms with E-state index in [0.717, 1.165) is 4.47 Å². The van der Waals surface area contributed by atoms with E-state index < -0.39 is 0 Å². The zero-order chi connectivity index (χ0) is 5.98. The van der Waals surface area contributed by atoms with Crippen molar-refractivity contribution in [2.24, 2.45) is 0 Å². The Morgan fingerprint density at radius 3 is 2.75 bits per heavy atom. The fourth-order valence-corrected chi connectivity index (χ4v) is 0.778. The molecule has 43 valence electrons. The summed E-state index contributed by atoms with van der Waals surface area (Å²) in [7, 11) is 0. The van der Waals surface area contributed by atoms with Crippen molar-refractivity contribution in [3.8, 4) is 0 Å². The van der Waals surface area contributed by atoms with Gasteiger partial charge in [0.05, 0.1) is 4.47 Å². The molecule has 1 heterocycles. The van der Waals surface area contributed by atoms with Gasteiger partial charge < -0.3 is 4.42 Å². The Morgan fingerprint density at radius 2 is 2.50 bits per heavy atom. The predicted molar refractivity (Wildman–Crippen MR) is 30.8 cm³/mol. The van der Waals surface area contributed by atoms with E-state index in [2.05, 4.69) is 15.9 Å². The second-order valence-electron chi connectivity index (χ2n) is 1.38. The molecule has 1 aromatic heterocycles. The number of hydrogen-bond donors (Lipinski definition) is 0. The van der Waals surface area contributed by atoms with Gasteiger partial charge in [-0.3, -0.25) is 0 Å². The Labute approximate surface area is 55.3 Å². The summed E-state index contributed by atoms with van der Waals surface area (Å²) < 4.78 is 5.58. The molecule has 0 saturated carbocycles. The van der Waals surface area contributed by atoms with Crippen molar-refractivity contribution in [3.63, 3.8) is 0 Å². The standard InChI is InChI=1S/C5H4BrO2/c6-4-1-5(2-7)8-3-4/h1,3H,2H2. The minimum absolute atomic E-state index is 0.286. The fourth-order valence-electron chi connectivity index (χ4n) is 0.430. The first-order chi connectivity index (χ1) is 3.83. The quantitative estimate of drug-likeness (QED) is 0.643. The maximum Gasteiger partial charge on any atom is 0.140 e. The van der Waals surface area contributed by atoms with Crippen molar-refractivity contribution in [2.75, 3.05) is 0 Å². The van der Waals surface area contributed by atoms with Crippen LogP contribution in [0.3, 0.4) is 0 Å². The van der Waals surface area contributed by atoms with Gasteiger partial charge in [-0.25, -0.2) is 5.11 Å². The highest BCUT2D eigenvalue weighted by Gasteiger charge is 1.94. The summed E-state index contributed by atoms with van der Waals surface area (Å²) in [5, 5.41) is 10.0. The summed E-state index contributed by atoms with van der Waals surface area (Å²) in [6.45, 7) is -0.286. The van der Waals surface area contributed by atoms with E-state index in [0.29, 0.717) is 5.76 Å². The Balaban J connectivity index is 2.84. The van der Waals surface area contributed by atoms with Crippen LogP contribution in [0.1, 0.15) is 5.76 Å². The number of rotatable bonds is 1. The van der Waals surface area contributed by atoms with Gasteiger partial charge in [0, 0.05) is 0 Å². The summed E-state index contributed by atoms with van der Waals surface area (Å²) >= 11 is 3.14. The van der Waals surface area contributed by atoms with Crippen LogP contribution in [-0.4, -0.2) is 0 Å². The SMILES string of the molecule is [O]Cc1cc(Br)co1. The Morgan fingerprint density at radius 1 is 1.75 bits per heavy atom. The summed E-state index contributed by atoms with van der Waals surface area (Å²) in [5.74, 6) is 0.469. The van der Waals surface area contributed by atoms with Gasteiger partial charge >= 0.3 is 0 Å². The topological polar surface area (TPSA) is 33.0 Å². The first-order valence-corrected chi connectivity index (χ1v) is 2.93. The third-order valence-electron chi connectivity index (χ3n) is 0.764. The maximum absolute atomic E-state index is 10.0. The van der Waals surface area contributed by atoms with Crippen molar-refractivity contribution in [2.45, 2.75) is 6.61 Å². The lowest BCUT2D eigenvalue weighted by molar-refractivity contribution is 0.155. The Kier molecular flexibility index (Phi) is 1.70. The highest BCUT2D eigenvalue weighted by atomic mass is 79.9. The molecule has 0 saturated heterocycles. The van der Waals surface area contributed by atoms with E-state index in [1.165, 1.54) is 6.26 Å². The summed E-state index contributed by atoms with van der Waals surface area (Å²) in [6.07, 6.45) is 1.49. The molecule has 0 aliphatic rings. The van der Waals surface area contributed by atoms with E-state index >= 15 is 0 Å². The smallest absolute Gasteiger partial charge is 0.140 e. The van der Waals surface area contributed by atoms with Crippen LogP contribution in [-0.2, 0) is 11.7 Å². The van der Waals surface area contributed by atoms with Crippen molar-refractivity contribution in [1.29, 1.82) is 0 Å². The largest absolute Gasteiger partial charge is 0.466 e. The lowest BCUT2D eigenvalue weighted by Gasteiger charge is -1.76. The van der Waals surface area contributed by atoms with Gasteiger partial charge in [0.1, 0.15) is 18.6 Å². The second-order valence-corrected chi connectivity index (χ2v) is 2.29. The van der Waals surface area contributed by atoms with Crippen molar-refractivity contribution in [3.05, 3.63) is 22.6 Å². The lowest BCUT2D eigenvalue weighted by Crippen LogP contribution is -1.70. The van der Waals surface area contributed by atoms with Crippen LogP contribution in [0.15, 0.2) is 21.2 Å². The first kappa shape index (κ1) is 5.85. The van der Waals surface area contributed by atoms with Gasteiger partial charge in [0.2, 0.25) is 0 Å². The van der Waals surface area contributed by atoms with E-state index in [1.54, 1.807) is 6.07 Å². The van der Waals surface area contributed by atoms with Gasteiger partial charge in [-0.2, -0.15) is 0 Å². The maximum atomic E-state index is 10.0. The molecule has 0 aromatic carbocycles. The normalized spacial score (nSPS) is 9.75. The van der Waals surface area contributed by atoms with E-state index in [-0.39, 0.29) is 6.61 Å². The third kappa shape index (κ3) is 1.11. The number of furan rings is 1. The molecule has 2 nitrogen and oxygen atoms in total. The van der Waals surface area contributed by atoms with Gasteiger partial charge in [0.25, 0.3) is 0 Å². The fraction of sp³-hybridized carbons (Fsp3) is 0.200. The molecule has 0 bridgehead atoms. The zero-order valence-electron chi connectivity index (χ0n) is 4.06. The highest BCUT2D eigenvalue weighted by molar-refractivity contribution is 9.10. The lowest BCUT2D eigenvalue weighted by atomic mass is 10.5. The zero-order valence-corrected chi connectivity index (χ0v) is 5.64. The molecule has 0 fully saturated rings. The molecule has 0 atom stereocenters. The number of hydrogen-bond acceptors (Lipinski definition) is 1. The Hall–Kier alpha value is -0.280. The van der Waals surface area contributed by atoms with E-state index in [9.17, 15) is 5.11 Å². The molecular weight excluding hydrogens is 172 g/mol. The van der Waals surface area contributed by atoms with Crippen LogP contribution in [0.4, 0.5) is 0 Å². The number of halogens is 1. The molecule has 3 heteroatoms. The van der Waals surface area contributed by atoms with Crippen LogP contribution in [0.2, 0.25) is 0 Å². The minimum atomic E-state index is -0.286. The molecule has 1 aromatic rings. The Bertz CT molecular complexity index is 171. The van der Waals surface area contributed by atoms with Crippen molar-refractivity contribution >= 4 is 15.9 Å². The molecule has 1 radical (unpaired) electrons. The summed E-state index contributed by atoms with van der Waals surface area (Å²) in [5.41, 5.74) is 0. The summed E-state index contributed by atoms with van der Waals surface area (Å²) in [6, 6.07) is 1.66. The van der Waals surface area contributed by atoms with Crippen LogP contribution >= 0.6 is 15.9 Å². The average molecular weight is 176 g/mol. The molecule has 0 spiro atoms. The monoisotopic (exact) mass is 175 g/mol. The van der Waals surface area contributed by atoms with Crippen LogP contribution < -0.4 is 0 Å². The van der Waals surface area contributed by atoms with Crippen molar-refractivity contribution in [1.82, 2.24) is 0 Å². The van der Waals surface area contributed by atoms with Crippen LogP contribution in [0, 0.1) is 0 Å². The molecule has 0 unspecified atom stereocenters. The van der Waals surface area contributed by atoms with Gasteiger partial charge in [0.15, 0.2) is 0 Å². The molecule has 8 heavy (non-hydrogen) atoms. The van der Waals surface area contributed by atoms with Gasteiger partial charge in [-0.15, -0.1) is 0 Å². The predicted octanol–water partition coefficient (Wildman–Crippen LogP) is 1.97. The minimum Gasteiger partial charge on any atom is -0.466 e. The molecular formula is C5H4BrO2. The van der Waals surface area contributed by atoms with Crippen LogP contribution in [0.5, 0.6) is 0 Å². The van der Waals surface area contributed by atoms with Gasteiger partial charge in [-0.1, -0.05) is 0 Å². The first-order valence-electron chi connectivity index (χ1n) is 2.14. The average Bonchev–Trinajstić information content (AvgIpc) is 2.14. The van der Waals surface area contributed by atoms with E-state index in [4.69, 9.17) is 4.42 Å². The van der Waals surface area contributed by atoms with Crippen LogP contribution in [0.25, 0.3) is 0 Å². The van der Waals surface area contributed by atoms with Gasteiger partial charge in [-0.05, 0) is 22.0 Å². The van der Waals surface area contributed by atoms with E-state index in [1.807, 2.05) is 0 Å². The molecule has 0 amide bonds. The third-order valence-corrected chi connectivity index (χ3v) is 1.18. The van der Waals surface area contributed by atoms with Crippen molar-refractivity contribution < 1.29 is 9.52 Å². The molecule has 0 aliphatic carbocycles. The second kappa shape index (κ2) is 2.33. The highest BCUT2D eigenvalue weighted by Crippen LogP contribution is 2.13.